The summed E-state index contributed by atoms with van der Waals surface area (Å²) in [7, 11) is 0. The monoisotopic (exact) mass is 293 g/mol. The van der Waals surface area contributed by atoms with Gasteiger partial charge in [0.25, 0.3) is 0 Å². The molecular weight excluding hydrogens is 280 g/mol. The standard InChI is InChI=1S/C11H13BrFN.ClH/c12-10-8(5-2-6-9(10)13)11(14)7-3-1-4-7;/h2,5-7,11H,1,3-4,14H2;1H/t11-;/m1./s1. The summed E-state index contributed by atoms with van der Waals surface area (Å²) in [6, 6.07) is 5.04. The molecule has 4 heteroatoms. The highest BCUT2D eigenvalue weighted by molar-refractivity contribution is 9.10. The molecule has 84 valence electrons. The van der Waals surface area contributed by atoms with Crippen LogP contribution in [0.25, 0.3) is 0 Å². The molecule has 0 heterocycles. The highest BCUT2D eigenvalue weighted by Crippen LogP contribution is 2.38. The van der Waals surface area contributed by atoms with Crippen LogP contribution in [0.1, 0.15) is 30.9 Å². The van der Waals surface area contributed by atoms with Gasteiger partial charge in [-0.3, -0.25) is 0 Å². The summed E-state index contributed by atoms with van der Waals surface area (Å²) in [5.41, 5.74) is 6.97. The number of hydrogen-bond donors (Lipinski definition) is 1. The molecule has 1 aliphatic rings. The molecule has 1 saturated carbocycles. The van der Waals surface area contributed by atoms with Gasteiger partial charge in [-0.15, -0.1) is 12.4 Å². The van der Waals surface area contributed by atoms with E-state index in [2.05, 4.69) is 15.9 Å². The van der Waals surface area contributed by atoms with Crippen LogP contribution < -0.4 is 5.73 Å². The van der Waals surface area contributed by atoms with Gasteiger partial charge in [0.15, 0.2) is 0 Å². The molecule has 0 aliphatic heterocycles. The van der Waals surface area contributed by atoms with Crippen molar-refractivity contribution >= 4 is 28.3 Å². The fraction of sp³-hybridized carbons (Fsp3) is 0.455. The number of benzene rings is 1. The zero-order chi connectivity index (χ0) is 10.1. The molecule has 1 nitrogen and oxygen atoms in total. The maximum atomic E-state index is 13.2. The minimum Gasteiger partial charge on any atom is -0.324 e. The Balaban J connectivity index is 0.00000112. The van der Waals surface area contributed by atoms with E-state index in [1.807, 2.05) is 6.07 Å². The number of rotatable bonds is 2. The zero-order valence-corrected chi connectivity index (χ0v) is 10.7. The fourth-order valence-electron chi connectivity index (χ4n) is 1.83. The van der Waals surface area contributed by atoms with E-state index in [4.69, 9.17) is 5.73 Å². The smallest absolute Gasteiger partial charge is 0.137 e. The highest BCUT2D eigenvalue weighted by Gasteiger charge is 2.27. The second-order valence-electron chi connectivity index (χ2n) is 3.86. The van der Waals surface area contributed by atoms with Crippen molar-refractivity contribution in [2.75, 3.05) is 0 Å². The molecular formula is C11H14BrClFN. The van der Waals surface area contributed by atoms with Gasteiger partial charge in [-0.25, -0.2) is 4.39 Å². The van der Waals surface area contributed by atoms with Crippen LogP contribution in [0.15, 0.2) is 22.7 Å². The van der Waals surface area contributed by atoms with E-state index in [0.29, 0.717) is 10.4 Å². The van der Waals surface area contributed by atoms with E-state index < -0.39 is 0 Å². The van der Waals surface area contributed by atoms with Crippen LogP contribution >= 0.6 is 28.3 Å². The lowest BCUT2D eigenvalue weighted by atomic mass is 9.77. The lowest BCUT2D eigenvalue weighted by molar-refractivity contribution is 0.263. The lowest BCUT2D eigenvalue weighted by Crippen LogP contribution is -2.27. The summed E-state index contributed by atoms with van der Waals surface area (Å²) in [5.74, 6) is 0.311. The molecule has 2 N–H and O–H groups in total. The van der Waals surface area contributed by atoms with Crippen LogP contribution in [-0.2, 0) is 0 Å². The number of nitrogens with two attached hydrogens (primary N) is 1. The van der Waals surface area contributed by atoms with E-state index in [-0.39, 0.29) is 24.3 Å². The minimum atomic E-state index is -0.225. The molecule has 0 aromatic heterocycles. The zero-order valence-electron chi connectivity index (χ0n) is 8.25. The molecule has 0 spiro atoms. The minimum absolute atomic E-state index is 0. The predicted molar refractivity (Wildman–Crippen MR) is 65.6 cm³/mol. The topological polar surface area (TPSA) is 26.0 Å². The Morgan fingerprint density at radius 3 is 2.60 bits per heavy atom. The maximum absolute atomic E-state index is 13.2. The summed E-state index contributed by atoms with van der Waals surface area (Å²) in [6.45, 7) is 0. The average Bonchev–Trinajstić information content (AvgIpc) is 2.06. The lowest BCUT2D eigenvalue weighted by Gasteiger charge is -2.32. The molecule has 15 heavy (non-hydrogen) atoms. The van der Waals surface area contributed by atoms with Crippen molar-refractivity contribution < 1.29 is 4.39 Å². The Morgan fingerprint density at radius 2 is 2.07 bits per heavy atom. The maximum Gasteiger partial charge on any atom is 0.137 e. The largest absolute Gasteiger partial charge is 0.324 e. The van der Waals surface area contributed by atoms with Gasteiger partial charge in [0.05, 0.1) is 4.47 Å². The van der Waals surface area contributed by atoms with E-state index in [1.165, 1.54) is 25.3 Å². The molecule has 2 rings (SSSR count). The van der Waals surface area contributed by atoms with Crippen LogP contribution in [0.5, 0.6) is 0 Å². The van der Waals surface area contributed by atoms with Crippen LogP contribution in [0.4, 0.5) is 4.39 Å². The molecule has 0 saturated heterocycles. The molecule has 1 aromatic carbocycles. The van der Waals surface area contributed by atoms with Gasteiger partial charge in [0.2, 0.25) is 0 Å². The third-order valence-corrected chi connectivity index (χ3v) is 3.83. The van der Waals surface area contributed by atoms with Crippen LogP contribution in [-0.4, -0.2) is 0 Å². The van der Waals surface area contributed by atoms with Crippen molar-refractivity contribution in [2.45, 2.75) is 25.3 Å². The first-order chi connectivity index (χ1) is 6.70. The van der Waals surface area contributed by atoms with Gasteiger partial charge in [0.1, 0.15) is 5.82 Å². The average molecular weight is 295 g/mol. The van der Waals surface area contributed by atoms with Crippen molar-refractivity contribution in [3.05, 3.63) is 34.1 Å². The van der Waals surface area contributed by atoms with Crippen LogP contribution in [0.3, 0.4) is 0 Å². The van der Waals surface area contributed by atoms with Crippen molar-refractivity contribution in [2.24, 2.45) is 11.7 Å². The first-order valence-corrected chi connectivity index (χ1v) is 5.69. The van der Waals surface area contributed by atoms with Gasteiger partial charge in [-0.2, -0.15) is 0 Å². The van der Waals surface area contributed by atoms with Gasteiger partial charge in [-0.05, 0) is 46.3 Å². The summed E-state index contributed by atoms with van der Waals surface area (Å²) >= 11 is 3.25. The Labute approximate surface area is 104 Å². The highest BCUT2D eigenvalue weighted by atomic mass is 79.9. The number of hydrogen-bond acceptors (Lipinski definition) is 1. The third-order valence-electron chi connectivity index (χ3n) is 3.00. The van der Waals surface area contributed by atoms with Gasteiger partial charge < -0.3 is 5.73 Å². The number of halogens is 3. The summed E-state index contributed by atoms with van der Waals surface area (Å²) in [4.78, 5) is 0. The first kappa shape index (κ1) is 12.9. The molecule has 0 unspecified atom stereocenters. The molecule has 0 radical (unpaired) electrons. The van der Waals surface area contributed by atoms with Crippen LogP contribution in [0.2, 0.25) is 0 Å². The molecule has 0 amide bonds. The summed E-state index contributed by atoms with van der Waals surface area (Å²) < 4.78 is 13.7. The van der Waals surface area contributed by atoms with E-state index in [1.54, 1.807) is 6.07 Å². The second-order valence-corrected chi connectivity index (χ2v) is 4.65. The Morgan fingerprint density at radius 1 is 1.40 bits per heavy atom. The normalized spacial score (nSPS) is 17.8. The molecule has 1 atom stereocenters. The van der Waals surface area contributed by atoms with Gasteiger partial charge in [0, 0.05) is 6.04 Å². The summed E-state index contributed by atoms with van der Waals surface area (Å²) in [5, 5.41) is 0. The van der Waals surface area contributed by atoms with E-state index in [9.17, 15) is 4.39 Å². The van der Waals surface area contributed by atoms with Gasteiger partial charge in [-0.1, -0.05) is 18.6 Å². The third kappa shape index (κ3) is 2.52. The van der Waals surface area contributed by atoms with Crippen LogP contribution in [0, 0.1) is 11.7 Å². The van der Waals surface area contributed by atoms with E-state index >= 15 is 0 Å². The Hall–Kier alpha value is -0.120. The summed E-state index contributed by atoms with van der Waals surface area (Å²) in [6.07, 6.45) is 3.60. The molecule has 1 aromatic rings. The van der Waals surface area contributed by atoms with Gasteiger partial charge >= 0.3 is 0 Å². The van der Waals surface area contributed by atoms with Crippen molar-refractivity contribution in [1.82, 2.24) is 0 Å². The van der Waals surface area contributed by atoms with Crippen molar-refractivity contribution in [3.63, 3.8) is 0 Å². The Bertz CT molecular complexity index is 341. The SMILES string of the molecule is Cl.N[C@@H](c1cccc(F)c1Br)C1CCC1. The second kappa shape index (κ2) is 5.28. The Kier molecular flexibility index (Phi) is 4.56. The predicted octanol–water partition coefficient (Wildman–Crippen LogP) is 3.81. The molecule has 1 fully saturated rings. The fourth-order valence-corrected chi connectivity index (χ4v) is 2.36. The van der Waals surface area contributed by atoms with Crippen molar-refractivity contribution in [1.29, 1.82) is 0 Å². The van der Waals surface area contributed by atoms with E-state index in [0.717, 1.165) is 5.56 Å². The van der Waals surface area contributed by atoms with Crippen molar-refractivity contribution in [3.8, 4) is 0 Å². The molecule has 0 bridgehead atoms. The first-order valence-electron chi connectivity index (χ1n) is 4.89. The quantitative estimate of drug-likeness (QED) is 0.882. The molecule has 1 aliphatic carbocycles.